The summed E-state index contributed by atoms with van der Waals surface area (Å²) >= 11 is 3.60. The highest BCUT2D eigenvalue weighted by atomic mass is 32.2. The highest BCUT2D eigenvalue weighted by molar-refractivity contribution is 8.00. The lowest BCUT2D eigenvalue weighted by atomic mass is 10.1. The van der Waals surface area contributed by atoms with E-state index < -0.39 is 5.97 Å². The summed E-state index contributed by atoms with van der Waals surface area (Å²) in [6, 6.07) is 0. The summed E-state index contributed by atoms with van der Waals surface area (Å²) in [7, 11) is 0. The van der Waals surface area contributed by atoms with Crippen molar-refractivity contribution in [2.75, 3.05) is 23.0 Å². The minimum absolute atomic E-state index is 0.259. The number of carboxylic acids is 1. The Morgan fingerprint density at radius 3 is 2.22 bits per heavy atom. The molecule has 0 aromatic heterocycles. The predicted molar refractivity (Wildman–Crippen MR) is 84.9 cm³/mol. The molecule has 1 saturated heterocycles. The van der Waals surface area contributed by atoms with E-state index in [2.05, 4.69) is 18.7 Å². The Hall–Kier alpha value is 0.170. The van der Waals surface area contributed by atoms with Crippen LogP contribution in [0.25, 0.3) is 0 Å². The average molecular weight is 293 g/mol. The maximum Gasteiger partial charge on any atom is 0.313 e. The van der Waals surface area contributed by atoms with E-state index in [0.717, 1.165) is 5.75 Å². The molecule has 2 nitrogen and oxygen atoms in total. The van der Waals surface area contributed by atoms with E-state index in [9.17, 15) is 4.79 Å². The Labute approximate surface area is 121 Å². The van der Waals surface area contributed by atoms with Crippen LogP contribution < -0.4 is 0 Å². The molecule has 0 radical (unpaired) electrons. The van der Waals surface area contributed by atoms with Gasteiger partial charge >= 0.3 is 5.97 Å². The monoisotopic (exact) mass is 292 g/mol. The fourth-order valence-electron chi connectivity index (χ4n) is 1.65. The summed E-state index contributed by atoms with van der Waals surface area (Å²) in [5.41, 5.74) is 0. The van der Waals surface area contributed by atoms with Gasteiger partial charge in [0, 0.05) is 0 Å². The van der Waals surface area contributed by atoms with Crippen LogP contribution in [0.15, 0.2) is 0 Å². The van der Waals surface area contributed by atoms with Crippen LogP contribution in [0, 0.1) is 0 Å². The lowest BCUT2D eigenvalue weighted by Gasteiger charge is -1.99. The molecular weight excluding hydrogens is 264 g/mol. The van der Waals surface area contributed by atoms with Crippen molar-refractivity contribution >= 4 is 29.5 Å². The van der Waals surface area contributed by atoms with Crippen molar-refractivity contribution in [1.82, 2.24) is 0 Å². The van der Waals surface area contributed by atoms with E-state index in [1.807, 2.05) is 0 Å². The Kier molecular flexibility index (Phi) is 15.4. The van der Waals surface area contributed by atoms with Crippen LogP contribution in [-0.2, 0) is 4.79 Å². The third-order valence-electron chi connectivity index (χ3n) is 2.70. The van der Waals surface area contributed by atoms with Crippen LogP contribution in [0.2, 0.25) is 0 Å². The molecule has 0 bridgehead atoms. The molecule has 1 heterocycles. The number of unbranched alkanes of at least 4 members (excludes halogenated alkanes) is 5. The van der Waals surface area contributed by atoms with Gasteiger partial charge in [-0.2, -0.15) is 23.5 Å². The first kappa shape index (κ1) is 18.2. The van der Waals surface area contributed by atoms with Gasteiger partial charge in [0.05, 0.1) is 5.75 Å². The van der Waals surface area contributed by atoms with Gasteiger partial charge in [0.2, 0.25) is 0 Å². The third kappa shape index (κ3) is 16.2. The van der Waals surface area contributed by atoms with Crippen LogP contribution >= 0.6 is 23.5 Å². The van der Waals surface area contributed by atoms with Crippen LogP contribution in [0.5, 0.6) is 0 Å². The quantitative estimate of drug-likeness (QED) is 0.626. The van der Waals surface area contributed by atoms with Crippen molar-refractivity contribution in [3.63, 3.8) is 0 Å². The molecule has 1 rings (SSSR count). The summed E-state index contributed by atoms with van der Waals surface area (Å²) in [4.78, 5) is 10.2. The minimum Gasteiger partial charge on any atom is -0.481 e. The molecule has 4 heteroatoms. The Bertz CT molecular complexity index is 175. The third-order valence-corrected chi connectivity index (χ3v) is 4.88. The Morgan fingerprint density at radius 2 is 1.72 bits per heavy atom. The Balaban J connectivity index is 0.000000473. The SMILES string of the molecule is C1CCSC1.CCCCCCCCSCC(=O)O. The van der Waals surface area contributed by atoms with Gasteiger partial charge in [0.1, 0.15) is 0 Å². The van der Waals surface area contributed by atoms with Crippen molar-refractivity contribution < 1.29 is 9.90 Å². The van der Waals surface area contributed by atoms with Gasteiger partial charge in [-0.1, -0.05) is 39.0 Å². The highest BCUT2D eigenvalue weighted by Crippen LogP contribution is 2.14. The lowest BCUT2D eigenvalue weighted by Crippen LogP contribution is -1.98. The van der Waals surface area contributed by atoms with E-state index in [4.69, 9.17) is 5.11 Å². The molecule has 0 unspecified atom stereocenters. The van der Waals surface area contributed by atoms with Crippen molar-refractivity contribution in [2.24, 2.45) is 0 Å². The van der Waals surface area contributed by atoms with Crippen molar-refractivity contribution in [3.8, 4) is 0 Å². The highest BCUT2D eigenvalue weighted by Gasteiger charge is 1.96. The van der Waals surface area contributed by atoms with E-state index in [0.29, 0.717) is 0 Å². The van der Waals surface area contributed by atoms with Crippen LogP contribution in [0.4, 0.5) is 0 Å². The van der Waals surface area contributed by atoms with E-state index in [1.54, 1.807) is 0 Å². The second-order valence-electron chi connectivity index (χ2n) is 4.53. The second-order valence-corrected chi connectivity index (χ2v) is 6.86. The molecular formula is C14H28O2S2. The molecule has 1 N–H and O–H groups in total. The van der Waals surface area contributed by atoms with Gasteiger partial charge in [-0.15, -0.1) is 0 Å². The molecule has 0 aliphatic carbocycles. The maximum atomic E-state index is 10.2. The van der Waals surface area contributed by atoms with Crippen LogP contribution in [0.3, 0.4) is 0 Å². The first-order chi connectivity index (χ1) is 8.77. The molecule has 108 valence electrons. The topological polar surface area (TPSA) is 37.3 Å². The first-order valence-corrected chi connectivity index (χ1v) is 9.45. The first-order valence-electron chi connectivity index (χ1n) is 7.14. The molecule has 1 aliphatic heterocycles. The molecule has 18 heavy (non-hydrogen) atoms. The number of hydrogen-bond acceptors (Lipinski definition) is 3. The maximum absolute atomic E-state index is 10.2. The van der Waals surface area contributed by atoms with Crippen molar-refractivity contribution in [3.05, 3.63) is 0 Å². The standard InChI is InChI=1S/C10H20O2S.C4H8S/c1-2-3-4-5-6-7-8-13-9-10(11)12;1-2-4-5-3-1/h2-9H2,1H3,(H,11,12);1-4H2. The van der Waals surface area contributed by atoms with Gasteiger partial charge < -0.3 is 5.11 Å². The van der Waals surface area contributed by atoms with E-state index in [-0.39, 0.29) is 5.75 Å². The van der Waals surface area contributed by atoms with Gasteiger partial charge in [-0.05, 0) is 36.5 Å². The van der Waals surface area contributed by atoms with Gasteiger partial charge in [0.15, 0.2) is 0 Å². The second kappa shape index (κ2) is 15.2. The fourth-order valence-corrected chi connectivity index (χ4v) is 3.40. The molecule has 0 amide bonds. The van der Waals surface area contributed by atoms with E-state index >= 15 is 0 Å². The zero-order valence-corrected chi connectivity index (χ0v) is 13.3. The number of aliphatic carboxylic acids is 1. The molecule has 0 aromatic carbocycles. The summed E-state index contributed by atoms with van der Waals surface area (Å²) in [6.45, 7) is 2.21. The van der Waals surface area contributed by atoms with Gasteiger partial charge in [-0.25, -0.2) is 0 Å². The van der Waals surface area contributed by atoms with E-state index in [1.165, 1.54) is 74.6 Å². The smallest absolute Gasteiger partial charge is 0.313 e. The summed E-state index contributed by atoms with van der Waals surface area (Å²) in [5, 5.41) is 8.37. The largest absolute Gasteiger partial charge is 0.481 e. The predicted octanol–water partition coefficient (Wildman–Crippen LogP) is 4.68. The number of hydrogen-bond donors (Lipinski definition) is 1. The number of carbonyl (C=O) groups is 1. The number of rotatable bonds is 9. The molecule has 1 aliphatic rings. The molecule has 0 spiro atoms. The average Bonchev–Trinajstić information content (AvgIpc) is 2.91. The summed E-state index contributed by atoms with van der Waals surface area (Å²) < 4.78 is 0. The zero-order chi connectivity index (χ0) is 13.5. The summed E-state index contributed by atoms with van der Waals surface area (Å²) in [5.74, 6) is 3.39. The zero-order valence-electron chi connectivity index (χ0n) is 11.7. The molecule has 0 atom stereocenters. The molecule has 1 fully saturated rings. The van der Waals surface area contributed by atoms with Crippen molar-refractivity contribution in [2.45, 2.75) is 58.3 Å². The van der Waals surface area contributed by atoms with Gasteiger partial charge in [0.25, 0.3) is 0 Å². The van der Waals surface area contributed by atoms with Crippen LogP contribution in [-0.4, -0.2) is 34.1 Å². The summed E-state index contributed by atoms with van der Waals surface area (Å²) in [6.07, 6.45) is 10.6. The van der Waals surface area contributed by atoms with Gasteiger partial charge in [-0.3, -0.25) is 4.79 Å². The number of thioether (sulfide) groups is 2. The number of carboxylic acid groups (broad SMARTS) is 1. The minimum atomic E-state index is -0.698. The lowest BCUT2D eigenvalue weighted by molar-refractivity contribution is -0.133. The molecule has 0 saturated carbocycles. The Morgan fingerprint density at radius 1 is 1.11 bits per heavy atom. The van der Waals surface area contributed by atoms with Crippen molar-refractivity contribution in [1.29, 1.82) is 0 Å². The van der Waals surface area contributed by atoms with Crippen LogP contribution in [0.1, 0.15) is 58.3 Å². The normalized spacial score (nSPS) is 14.1. The molecule has 0 aromatic rings. The fraction of sp³-hybridized carbons (Fsp3) is 0.929.